The van der Waals surface area contributed by atoms with Gasteiger partial charge in [0.25, 0.3) is 5.91 Å². The highest BCUT2D eigenvalue weighted by Gasteiger charge is 2.62. The molecule has 6 rings (SSSR count). The predicted octanol–water partition coefficient (Wildman–Crippen LogP) is 2.24. The van der Waals surface area contributed by atoms with Crippen LogP contribution in [-0.2, 0) is 29.1 Å². The van der Waals surface area contributed by atoms with Gasteiger partial charge in [-0.3, -0.25) is 19.1 Å². The summed E-state index contributed by atoms with van der Waals surface area (Å²) in [5, 5.41) is 6.64. The molecule has 1 aromatic heterocycles. The Hall–Kier alpha value is -4.24. The lowest BCUT2D eigenvalue weighted by atomic mass is 10.1. The van der Waals surface area contributed by atoms with E-state index in [2.05, 4.69) is 20.3 Å². The molecule has 2 aliphatic carbocycles. The summed E-state index contributed by atoms with van der Waals surface area (Å²) in [6.07, 6.45) is 6.57. The summed E-state index contributed by atoms with van der Waals surface area (Å²) in [7, 11) is -2.03. The molecule has 5 atom stereocenters. The summed E-state index contributed by atoms with van der Waals surface area (Å²) in [5.74, 6) is -2.01. The quantitative estimate of drug-likeness (QED) is 0.377. The Morgan fingerprint density at radius 2 is 1.86 bits per heavy atom. The molecule has 50 heavy (non-hydrogen) atoms. The van der Waals surface area contributed by atoms with Gasteiger partial charge < -0.3 is 29.9 Å². The third kappa shape index (κ3) is 8.04. The smallest absolute Gasteiger partial charge is 0.408 e. The fourth-order valence-electron chi connectivity index (χ4n) is 6.66. The van der Waals surface area contributed by atoms with Crippen molar-refractivity contribution in [2.75, 3.05) is 26.7 Å². The minimum atomic E-state index is -3.88. The van der Waals surface area contributed by atoms with Crippen LogP contribution in [0.25, 0.3) is 10.8 Å². The van der Waals surface area contributed by atoms with Gasteiger partial charge in [0.1, 0.15) is 29.3 Å². The van der Waals surface area contributed by atoms with Crippen molar-refractivity contribution in [3.05, 3.63) is 48.7 Å². The van der Waals surface area contributed by atoms with Crippen molar-refractivity contribution >= 4 is 44.6 Å². The van der Waals surface area contributed by atoms with Gasteiger partial charge in [-0.1, -0.05) is 30.4 Å². The van der Waals surface area contributed by atoms with Gasteiger partial charge in [-0.15, -0.1) is 0 Å². The topological polar surface area (TPSA) is 176 Å². The number of amides is 4. The van der Waals surface area contributed by atoms with Crippen LogP contribution in [0, 0.1) is 5.92 Å². The number of sulfonamides is 1. The minimum absolute atomic E-state index is 0.00335. The molecule has 3 heterocycles. The van der Waals surface area contributed by atoms with Crippen molar-refractivity contribution < 1.29 is 37.1 Å². The molecule has 270 valence electrons. The van der Waals surface area contributed by atoms with E-state index in [9.17, 15) is 27.6 Å². The van der Waals surface area contributed by atoms with Gasteiger partial charge in [0.2, 0.25) is 27.7 Å². The molecular formula is C35H46N6O8S. The first-order chi connectivity index (χ1) is 23.6. The molecule has 0 radical (unpaired) electrons. The fourth-order valence-corrected chi connectivity index (χ4v) is 8.03. The fraction of sp³-hybridized carbons (Fsp3) is 0.571. The van der Waals surface area contributed by atoms with E-state index < -0.39 is 74.3 Å². The molecule has 2 aliphatic heterocycles. The number of carbonyl (C=O) groups is 4. The largest absolute Gasteiger partial charge is 0.472 e. The van der Waals surface area contributed by atoms with Gasteiger partial charge in [-0.05, 0) is 84.0 Å². The lowest BCUT2D eigenvalue weighted by Gasteiger charge is -2.32. The molecular weight excluding hydrogens is 664 g/mol. The van der Waals surface area contributed by atoms with Gasteiger partial charge in [-0.25, -0.2) is 18.2 Å². The third-order valence-electron chi connectivity index (χ3n) is 9.49. The molecule has 1 aromatic carbocycles. The maximum Gasteiger partial charge on any atom is 0.408 e. The maximum absolute atomic E-state index is 14.4. The number of pyridine rings is 1. The Kier molecular flexibility index (Phi) is 9.83. The molecule has 0 spiro atoms. The van der Waals surface area contributed by atoms with Crippen molar-refractivity contribution in [1.29, 1.82) is 0 Å². The molecule has 0 unspecified atom stereocenters. The monoisotopic (exact) mass is 710 g/mol. The van der Waals surface area contributed by atoms with E-state index in [0.29, 0.717) is 31.7 Å². The van der Waals surface area contributed by atoms with Crippen LogP contribution in [0.15, 0.2) is 48.7 Å². The van der Waals surface area contributed by atoms with Crippen molar-refractivity contribution in [2.45, 2.75) is 93.9 Å². The lowest BCUT2D eigenvalue weighted by molar-refractivity contribution is -0.141. The highest BCUT2D eigenvalue weighted by atomic mass is 32.2. The molecule has 14 nitrogen and oxygen atoms in total. The Morgan fingerprint density at radius 3 is 2.60 bits per heavy atom. The molecule has 2 saturated carbocycles. The maximum atomic E-state index is 14.4. The van der Waals surface area contributed by atoms with Crippen LogP contribution >= 0.6 is 0 Å². The standard InChI is InChI=1S/C35H46N6O8S/c1-34(2,3)49-33(45)37-27-21-40(4)17-9-5-6-11-23-19-35(23,32(44)39-50(46,47)25-13-14-25)38-29(42)28-18-24(20-41(28)31(27)43)48-30-26-12-8-7-10-22(26)15-16-36-30/h6-8,10-12,15-16,23-25,27-28H,5,9,13-14,17-21H2,1-4H3,(H,37,45)(H,38,42)(H,39,44)/t23-,24-,27+,28+,35-/m1/s1. The Bertz CT molecular complexity index is 1790. The zero-order valence-electron chi connectivity index (χ0n) is 28.9. The molecule has 1 saturated heterocycles. The number of nitrogens with one attached hydrogen (secondary N) is 3. The van der Waals surface area contributed by atoms with Gasteiger partial charge in [0.05, 0.1) is 11.8 Å². The number of likely N-dealkylation sites (N-methyl/N-ethyl adjacent to an activating group) is 1. The number of hydrogen-bond donors (Lipinski definition) is 3. The minimum Gasteiger partial charge on any atom is -0.472 e. The number of nitrogens with zero attached hydrogens (tertiary/aromatic N) is 3. The van der Waals surface area contributed by atoms with E-state index in [-0.39, 0.29) is 25.9 Å². The summed E-state index contributed by atoms with van der Waals surface area (Å²) in [6, 6.07) is 7.25. The van der Waals surface area contributed by atoms with Crippen molar-refractivity contribution in [2.24, 2.45) is 5.92 Å². The van der Waals surface area contributed by atoms with Crippen LogP contribution < -0.4 is 20.1 Å². The highest BCUT2D eigenvalue weighted by molar-refractivity contribution is 7.91. The average Bonchev–Trinajstić information content (AvgIpc) is 3.96. The molecule has 15 heteroatoms. The number of carbonyl (C=O) groups excluding carboxylic acids is 4. The Labute approximate surface area is 292 Å². The average molecular weight is 711 g/mol. The molecule has 3 fully saturated rings. The summed E-state index contributed by atoms with van der Waals surface area (Å²) < 4.78 is 39.6. The normalized spacial score (nSPS) is 28.0. The first-order valence-electron chi connectivity index (χ1n) is 17.2. The zero-order valence-corrected chi connectivity index (χ0v) is 29.7. The second kappa shape index (κ2) is 13.8. The lowest BCUT2D eigenvalue weighted by Crippen LogP contribution is -2.59. The van der Waals surface area contributed by atoms with Gasteiger partial charge in [-0.2, -0.15) is 0 Å². The van der Waals surface area contributed by atoms with Crippen LogP contribution in [0.5, 0.6) is 5.88 Å². The number of fused-ring (bicyclic) bond motifs is 3. The van der Waals surface area contributed by atoms with Crippen LogP contribution in [-0.4, -0.2) is 108 Å². The number of ether oxygens (including phenoxy) is 2. The second-order valence-electron chi connectivity index (χ2n) is 14.8. The molecule has 4 amide bonds. The van der Waals surface area contributed by atoms with Crippen molar-refractivity contribution in [3.8, 4) is 5.88 Å². The summed E-state index contributed by atoms with van der Waals surface area (Å²) in [6.45, 7) is 5.91. The number of hydrogen-bond acceptors (Lipinski definition) is 10. The Morgan fingerprint density at radius 1 is 1.10 bits per heavy atom. The summed E-state index contributed by atoms with van der Waals surface area (Å²) >= 11 is 0. The van der Waals surface area contributed by atoms with E-state index >= 15 is 0 Å². The van der Waals surface area contributed by atoms with Crippen LogP contribution in [0.2, 0.25) is 0 Å². The highest BCUT2D eigenvalue weighted by Crippen LogP contribution is 2.46. The van der Waals surface area contributed by atoms with Crippen molar-refractivity contribution in [1.82, 2.24) is 30.1 Å². The van der Waals surface area contributed by atoms with E-state index in [1.807, 2.05) is 54.4 Å². The van der Waals surface area contributed by atoms with Crippen LogP contribution in [0.4, 0.5) is 4.79 Å². The zero-order chi connectivity index (χ0) is 35.8. The molecule has 4 aliphatic rings. The van der Waals surface area contributed by atoms with Crippen LogP contribution in [0.1, 0.15) is 59.3 Å². The first-order valence-corrected chi connectivity index (χ1v) is 18.7. The number of benzene rings is 1. The second-order valence-corrected chi connectivity index (χ2v) is 16.8. The van der Waals surface area contributed by atoms with Gasteiger partial charge in [0.15, 0.2) is 0 Å². The molecule has 3 N–H and O–H groups in total. The van der Waals surface area contributed by atoms with Gasteiger partial charge >= 0.3 is 6.09 Å². The first kappa shape index (κ1) is 35.6. The molecule has 0 bridgehead atoms. The van der Waals surface area contributed by atoms with E-state index in [4.69, 9.17) is 9.47 Å². The summed E-state index contributed by atoms with van der Waals surface area (Å²) in [4.78, 5) is 63.1. The summed E-state index contributed by atoms with van der Waals surface area (Å²) in [5.41, 5.74) is -2.31. The number of rotatable bonds is 6. The van der Waals surface area contributed by atoms with E-state index in [0.717, 1.165) is 17.2 Å². The van der Waals surface area contributed by atoms with E-state index in [1.165, 1.54) is 4.90 Å². The predicted molar refractivity (Wildman–Crippen MR) is 184 cm³/mol. The SMILES string of the molecule is CN1CCCC=C[C@@H]2C[C@@]2(C(=O)NS(=O)(=O)C2CC2)NC(=O)[C@@H]2C[C@@H](Oc3nccc4ccccc34)CN2C(=O)[C@@H](NC(=O)OC(C)(C)C)C1. The number of alkyl carbamates (subject to hydrolysis) is 1. The van der Waals surface area contributed by atoms with E-state index in [1.54, 1.807) is 27.0 Å². The number of allylic oxidation sites excluding steroid dienone is 1. The third-order valence-corrected chi connectivity index (χ3v) is 11.3. The van der Waals surface area contributed by atoms with Gasteiger partial charge in [0, 0.05) is 30.5 Å². The Balaban J connectivity index is 1.32. The molecule has 2 aromatic rings. The number of aromatic nitrogens is 1. The van der Waals surface area contributed by atoms with Crippen molar-refractivity contribution in [3.63, 3.8) is 0 Å². The van der Waals surface area contributed by atoms with Crippen LogP contribution in [0.3, 0.4) is 0 Å².